The van der Waals surface area contributed by atoms with Crippen molar-refractivity contribution in [1.29, 1.82) is 5.26 Å². The van der Waals surface area contributed by atoms with E-state index in [1.54, 1.807) is 6.33 Å². The molecule has 1 aliphatic heterocycles. The van der Waals surface area contributed by atoms with Gasteiger partial charge >= 0.3 is 5.97 Å². The average Bonchev–Trinajstić information content (AvgIpc) is 3.49. The number of fused-ring (bicyclic) bond motifs is 3. The largest absolute Gasteiger partial charge is 0.481 e. The summed E-state index contributed by atoms with van der Waals surface area (Å²) in [7, 11) is 0. The number of carbonyl (C=O) groups is 1. The molecule has 12 atom stereocenters. The van der Waals surface area contributed by atoms with Gasteiger partial charge in [0.15, 0.2) is 0 Å². The number of carboxylic acid groups (broad SMARTS) is 1. The fourth-order valence-electron chi connectivity index (χ4n) is 12.1. The zero-order chi connectivity index (χ0) is 35.2. The molecular weight excluding hydrogens is 602 g/mol. The number of nitriles is 1. The number of hydrogen-bond acceptors (Lipinski definition) is 7. The minimum atomic E-state index is -0.638. The minimum absolute atomic E-state index is 0.151. The van der Waals surface area contributed by atoms with Crippen molar-refractivity contribution in [1.82, 2.24) is 14.8 Å². The molecule has 9 heteroatoms. The number of allylic oxidation sites excluding steroid dienone is 1. The Morgan fingerprint density at radius 3 is 2.48 bits per heavy atom. The normalized spacial score (nSPS) is 44.1. The van der Waals surface area contributed by atoms with Crippen molar-refractivity contribution in [3.63, 3.8) is 0 Å². The molecule has 6 rings (SSSR count). The van der Waals surface area contributed by atoms with Crippen molar-refractivity contribution >= 4 is 5.97 Å². The Kier molecular flexibility index (Phi) is 8.61. The number of carboxylic acids is 1. The summed E-state index contributed by atoms with van der Waals surface area (Å²) in [4.78, 5) is 17.8. The Morgan fingerprint density at radius 2 is 1.88 bits per heavy atom. The number of aromatic nitrogens is 3. The van der Waals surface area contributed by atoms with Crippen LogP contribution in [0.3, 0.4) is 0 Å². The highest BCUT2D eigenvalue weighted by Gasteiger charge is 2.72. The third-order valence-electron chi connectivity index (χ3n) is 15.9. The summed E-state index contributed by atoms with van der Waals surface area (Å²) >= 11 is 0. The monoisotopic (exact) mass is 663 g/mol. The standard InChI is InChI=1S/C39H61N5O4/c1-23(2)25(5)34(6)15-16-36(8)26-11-12-29-35(7)19-47-21-39(29,27(26)13-14-37(36,9)31(34)33(45)46)17-28(44-22-42-30(18-40)43-44)32(35)48-20-38(10,41)24(3)4/h13,22-26,28-29,31-32H,11-12,14-17,19-21,41H2,1-10H3,(H,45,46)/t25-,26+,28-,29+,31-,32+,34-,35+,36-,37+,38-,39?/m1/s1. The maximum atomic E-state index is 13.4. The van der Waals surface area contributed by atoms with Crippen molar-refractivity contribution in [3.05, 3.63) is 23.8 Å². The molecule has 5 aliphatic rings. The molecule has 4 fully saturated rings. The lowest BCUT2D eigenvalue weighted by molar-refractivity contribution is -0.252. The summed E-state index contributed by atoms with van der Waals surface area (Å²) in [6, 6.07) is 1.97. The molecule has 0 amide bonds. The molecule has 4 aliphatic carbocycles. The predicted molar refractivity (Wildman–Crippen MR) is 185 cm³/mol. The summed E-state index contributed by atoms with van der Waals surface area (Å²) in [5.41, 5.74) is 6.37. The van der Waals surface area contributed by atoms with Gasteiger partial charge in [-0.1, -0.05) is 74.0 Å². The number of ether oxygens (including phenoxy) is 2. The van der Waals surface area contributed by atoms with Crippen molar-refractivity contribution in [3.8, 4) is 6.07 Å². The second kappa shape index (κ2) is 11.6. The molecule has 0 spiro atoms. The molecule has 9 nitrogen and oxygen atoms in total. The van der Waals surface area contributed by atoms with Crippen LogP contribution in [-0.2, 0) is 14.3 Å². The number of rotatable bonds is 8. The third-order valence-corrected chi connectivity index (χ3v) is 15.9. The lowest BCUT2D eigenvalue weighted by Crippen LogP contribution is -2.69. The zero-order valence-electron chi connectivity index (χ0n) is 31.2. The van der Waals surface area contributed by atoms with Crippen LogP contribution in [0.15, 0.2) is 18.0 Å². The summed E-state index contributed by atoms with van der Waals surface area (Å²) < 4.78 is 15.5. The molecular formula is C39H61N5O4. The van der Waals surface area contributed by atoms with Crippen LogP contribution in [0, 0.1) is 73.9 Å². The van der Waals surface area contributed by atoms with Crippen LogP contribution in [-0.4, -0.2) is 57.3 Å². The lowest BCUT2D eigenvalue weighted by atomic mass is 9.34. The fraction of sp³-hybridized carbons (Fsp3) is 0.846. The van der Waals surface area contributed by atoms with Gasteiger partial charge in [-0.15, -0.1) is 5.10 Å². The minimum Gasteiger partial charge on any atom is -0.481 e. The highest BCUT2D eigenvalue weighted by atomic mass is 16.5. The molecule has 0 aromatic carbocycles. The summed E-state index contributed by atoms with van der Waals surface area (Å²) in [5, 5.41) is 25.3. The number of nitrogens with zero attached hydrogens (tertiary/aromatic N) is 4. The van der Waals surface area contributed by atoms with Gasteiger partial charge in [0.05, 0.1) is 37.9 Å². The molecule has 2 bridgehead atoms. The van der Waals surface area contributed by atoms with Crippen LogP contribution in [0.1, 0.15) is 120 Å². The van der Waals surface area contributed by atoms with Crippen molar-refractivity contribution < 1.29 is 19.4 Å². The van der Waals surface area contributed by atoms with Crippen LogP contribution in [0.4, 0.5) is 0 Å². The average molecular weight is 664 g/mol. The molecule has 1 unspecified atom stereocenters. The van der Waals surface area contributed by atoms with E-state index in [2.05, 4.69) is 91.5 Å². The number of hydrogen-bond donors (Lipinski definition) is 2. The summed E-state index contributed by atoms with van der Waals surface area (Å²) in [5.74, 6) is 0.656. The highest BCUT2D eigenvalue weighted by Crippen LogP contribution is 2.75. The molecule has 2 heterocycles. The first kappa shape index (κ1) is 35.5. The van der Waals surface area contributed by atoms with E-state index >= 15 is 0 Å². The SMILES string of the molecule is CC(C)[C@@H](C)[C@@]1(C)CC[C@]2(C)[C@H]3CC[C@@H]4C5(COC[C@]4(C)[C@@H](OC[C@@](C)(N)C(C)C)[C@H](n4cnc(C#N)n4)C5)C3=CC[C@@]2(C)[C@@H]1C(=O)O. The topological polar surface area (TPSA) is 136 Å². The number of aliphatic carboxylic acids is 1. The van der Waals surface area contributed by atoms with Gasteiger partial charge in [-0.3, -0.25) is 4.79 Å². The van der Waals surface area contributed by atoms with E-state index in [1.807, 2.05) is 4.68 Å². The molecule has 48 heavy (non-hydrogen) atoms. The van der Waals surface area contributed by atoms with Crippen molar-refractivity contribution in [2.75, 3.05) is 19.8 Å². The Bertz CT molecular complexity index is 1490. The third kappa shape index (κ3) is 4.82. The van der Waals surface area contributed by atoms with Gasteiger partial charge in [0.1, 0.15) is 12.4 Å². The molecule has 3 N–H and O–H groups in total. The van der Waals surface area contributed by atoms with Gasteiger partial charge < -0.3 is 20.3 Å². The first-order valence-electron chi connectivity index (χ1n) is 18.6. The van der Waals surface area contributed by atoms with Gasteiger partial charge in [0.2, 0.25) is 0 Å². The van der Waals surface area contributed by atoms with Gasteiger partial charge in [-0.2, -0.15) is 5.26 Å². The van der Waals surface area contributed by atoms with Crippen LogP contribution in [0.2, 0.25) is 0 Å². The van der Waals surface area contributed by atoms with E-state index in [4.69, 9.17) is 15.2 Å². The highest BCUT2D eigenvalue weighted by molar-refractivity contribution is 5.73. The Balaban J connectivity index is 1.45. The summed E-state index contributed by atoms with van der Waals surface area (Å²) in [6.45, 7) is 24.0. The van der Waals surface area contributed by atoms with Crippen LogP contribution in [0.5, 0.6) is 0 Å². The van der Waals surface area contributed by atoms with E-state index in [9.17, 15) is 15.2 Å². The van der Waals surface area contributed by atoms with Gasteiger partial charge in [-0.05, 0) is 91.3 Å². The predicted octanol–water partition coefficient (Wildman–Crippen LogP) is 7.04. The molecule has 3 saturated carbocycles. The Hall–Kier alpha value is -2.28. The molecule has 0 radical (unpaired) electrons. The van der Waals surface area contributed by atoms with E-state index in [0.29, 0.717) is 37.6 Å². The van der Waals surface area contributed by atoms with Crippen LogP contribution >= 0.6 is 0 Å². The van der Waals surface area contributed by atoms with Crippen molar-refractivity contribution in [2.24, 2.45) is 68.3 Å². The Labute approximate surface area is 288 Å². The van der Waals surface area contributed by atoms with E-state index in [1.165, 1.54) is 5.57 Å². The maximum absolute atomic E-state index is 13.4. The van der Waals surface area contributed by atoms with Crippen LogP contribution < -0.4 is 5.73 Å². The van der Waals surface area contributed by atoms with Gasteiger partial charge in [0.25, 0.3) is 5.82 Å². The van der Waals surface area contributed by atoms with Crippen LogP contribution in [0.25, 0.3) is 0 Å². The second-order valence-corrected chi connectivity index (χ2v) is 18.7. The smallest absolute Gasteiger partial charge is 0.307 e. The maximum Gasteiger partial charge on any atom is 0.307 e. The van der Waals surface area contributed by atoms with Gasteiger partial charge in [-0.25, -0.2) is 9.67 Å². The van der Waals surface area contributed by atoms with Crippen molar-refractivity contribution in [2.45, 2.75) is 125 Å². The lowest BCUT2D eigenvalue weighted by Gasteiger charge is -2.71. The zero-order valence-corrected chi connectivity index (χ0v) is 31.2. The Morgan fingerprint density at radius 1 is 1.17 bits per heavy atom. The quantitative estimate of drug-likeness (QED) is 0.283. The fourth-order valence-corrected chi connectivity index (χ4v) is 12.1. The second-order valence-electron chi connectivity index (χ2n) is 18.7. The van der Waals surface area contributed by atoms with E-state index in [-0.39, 0.29) is 56.9 Å². The van der Waals surface area contributed by atoms with Gasteiger partial charge in [0, 0.05) is 16.4 Å². The van der Waals surface area contributed by atoms with E-state index < -0.39 is 17.4 Å². The first-order chi connectivity index (χ1) is 22.3. The molecule has 1 saturated heterocycles. The molecule has 266 valence electrons. The summed E-state index contributed by atoms with van der Waals surface area (Å²) in [6.07, 6.45) is 9.51. The molecule has 1 aromatic rings. The molecule has 1 aromatic heterocycles. The van der Waals surface area contributed by atoms with E-state index in [0.717, 1.165) is 38.5 Å². The first-order valence-corrected chi connectivity index (χ1v) is 18.6. The number of nitrogens with two attached hydrogens (primary N) is 1.